The van der Waals surface area contributed by atoms with Crippen LogP contribution < -0.4 is 20.7 Å². The van der Waals surface area contributed by atoms with Gasteiger partial charge in [-0.1, -0.05) is 6.07 Å². The van der Waals surface area contributed by atoms with Gasteiger partial charge < -0.3 is 14.2 Å². The van der Waals surface area contributed by atoms with Gasteiger partial charge in [0, 0.05) is 24.8 Å². The lowest BCUT2D eigenvalue weighted by molar-refractivity contribution is 0.136. The maximum Gasteiger partial charge on any atom is 0.127 e. The van der Waals surface area contributed by atoms with Gasteiger partial charge in [0.15, 0.2) is 0 Å². The molecule has 1 atom stereocenters. The van der Waals surface area contributed by atoms with Crippen LogP contribution in [0.25, 0.3) is 0 Å². The van der Waals surface area contributed by atoms with Crippen LogP contribution >= 0.6 is 0 Å². The van der Waals surface area contributed by atoms with Crippen molar-refractivity contribution in [1.82, 2.24) is 5.43 Å². The zero-order valence-electron chi connectivity index (χ0n) is 11.2. The van der Waals surface area contributed by atoms with Crippen molar-refractivity contribution in [2.24, 2.45) is 5.84 Å². The van der Waals surface area contributed by atoms with Crippen LogP contribution in [0.1, 0.15) is 24.9 Å². The van der Waals surface area contributed by atoms with Crippen molar-refractivity contribution in [3.8, 4) is 11.5 Å². The van der Waals surface area contributed by atoms with Crippen LogP contribution in [0.15, 0.2) is 18.2 Å². The molecule has 0 aliphatic heterocycles. The Hall–Kier alpha value is -1.30. The Balaban J connectivity index is 2.83. The highest BCUT2D eigenvalue weighted by molar-refractivity contribution is 5.42. The van der Waals surface area contributed by atoms with Gasteiger partial charge in [-0.2, -0.15) is 0 Å². The third-order valence-electron chi connectivity index (χ3n) is 2.77. The Kier molecular flexibility index (Phi) is 6.49. The molecule has 0 amide bonds. The Morgan fingerprint density at radius 3 is 2.61 bits per heavy atom. The van der Waals surface area contributed by atoms with Crippen molar-refractivity contribution < 1.29 is 14.2 Å². The van der Waals surface area contributed by atoms with Crippen molar-refractivity contribution >= 4 is 0 Å². The van der Waals surface area contributed by atoms with Crippen LogP contribution in [0.2, 0.25) is 0 Å². The molecule has 1 aromatic carbocycles. The molecule has 1 aromatic rings. The van der Waals surface area contributed by atoms with Crippen molar-refractivity contribution in [2.45, 2.75) is 19.4 Å². The molecule has 102 valence electrons. The standard InChI is InChI=1S/C13H22N2O3/c1-4-18-8-7-12(15-14)11-6-5-10(16-2)9-13(11)17-3/h5-6,9,12,15H,4,7-8,14H2,1-3H3. The first-order valence-corrected chi connectivity index (χ1v) is 6.02. The lowest BCUT2D eigenvalue weighted by Crippen LogP contribution is -2.29. The highest BCUT2D eigenvalue weighted by atomic mass is 16.5. The molecule has 0 aliphatic rings. The summed E-state index contributed by atoms with van der Waals surface area (Å²) in [5, 5.41) is 0. The Bertz CT molecular complexity index is 358. The van der Waals surface area contributed by atoms with Crippen LogP contribution in [-0.4, -0.2) is 27.4 Å². The second-order valence-electron chi connectivity index (χ2n) is 3.81. The van der Waals surface area contributed by atoms with E-state index in [0.717, 1.165) is 23.5 Å². The lowest BCUT2D eigenvalue weighted by atomic mass is 10.0. The first kappa shape index (κ1) is 14.8. The van der Waals surface area contributed by atoms with Gasteiger partial charge in [-0.05, 0) is 19.4 Å². The summed E-state index contributed by atoms with van der Waals surface area (Å²) in [5.74, 6) is 7.11. The topological polar surface area (TPSA) is 65.7 Å². The number of nitrogens with two attached hydrogens (primary N) is 1. The minimum Gasteiger partial charge on any atom is -0.497 e. The summed E-state index contributed by atoms with van der Waals surface area (Å²) >= 11 is 0. The monoisotopic (exact) mass is 254 g/mol. The zero-order chi connectivity index (χ0) is 13.4. The molecule has 1 unspecified atom stereocenters. The molecule has 0 spiro atoms. The molecule has 0 radical (unpaired) electrons. The number of hydrazine groups is 1. The minimum absolute atomic E-state index is 0.00240. The lowest BCUT2D eigenvalue weighted by Gasteiger charge is -2.19. The van der Waals surface area contributed by atoms with Gasteiger partial charge in [-0.15, -0.1) is 0 Å². The second-order valence-corrected chi connectivity index (χ2v) is 3.81. The van der Waals surface area contributed by atoms with E-state index >= 15 is 0 Å². The fourth-order valence-electron chi connectivity index (χ4n) is 1.78. The summed E-state index contributed by atoms with van der Waals surface area (Å²) in [6.45, 7) is 3.33. The Morgan fingerprint density at radius 1 is 1.28 bits per heavy atom. The third-order valence-corrected chi connectivity index (χ3v) is 2.77. The molecular weight excluding hydrogens is 232 g/mol. The number of ether oxygens (including phenoxy) is 3. The van der Waals surface area contributed by atoms with Gasteiger partial charge in [0.25, 0.3) is 0 Å². The summed E-state index contributed by atoms with van der Waals surface area (Å²) < 4.78 is 15.9. The molecule has 0 saturated carbocycles. The van der Waals surface area contributed by atoms with E-state index in [-0.39, 0.29) is 6.04 Å². The number of hydrogen-bond acceptors (Lipinski definition) is 5. The Labute approximate surface area is 108 Å². The SMILES string of the molecule is CCOCCC(NN)c1ccc(OC)cc1OC. The summed E-state index contributed by atoms with van der Waals surface area (Å²) in [6.07, 6.45) is 0.785. The minimum atomic E-state index is -0.00240. The fraction of sp³-hybridized carbons (Fsp3) is 0.538. The number of methoxy groups -OCH3 is 2. The molecule has 5 heteroatoms. The Morgan fingerprint density at radius 2 is 2.06 bits per heavy atom. The van der Waals surface area contributed by atoms with Crippen molar-refractivity contribution in [3.05, 3.63) is 23.8 Å². The molecule has 0 aliphatic carbocycles. The first-order chi connectivity index (χ1) is 8.76. The van der Waals surface area contributed by atoms with E-state index in [9.17, 15) is 0 Å². The summed E-state index contributed by atoms with van der Waals surface area (Å²) in [7, 11) is 3.26. The van der Waals surface area contributed by atoms with Gasteiger partial charge in [-0.25, -0.2) is 0 Å². The van der Waals surface area contributed by atoms with E-state index in [1.807, 2.05) is 25.1 Å². The number of rotatable bonds is 8. The highest BCUT2D eigenvalue weighted by Crippen LogP contribution is 2.30. The van der Waals surface area contributed by atoms with Gasteiger partial charge in [0.05, 0.1) is 20.3 Å². The maximum atomic E-state index is 5.59. The third kappa shape index (κ3) is 3.87. The normalized spacial score (nSPS) is 12.2. The first-order valence-electron chi connectivity index (χ1n) is 6.02. The second kappa shape index (κ2) is 7.92. The van der Waals surface area contributed by atoms with E-state index in [1.54, 1.807) is 14.2 Å². The van der Waals surface area contributed by atoms with Crippen molar-refractivity contribution in [2.75, 3.05) is 27.4 Å². The summed E-state index contributed by atoms with van der Waals surface area (Å²) in [5.41, 5.74) is 3.79. The van der Waals surface area contributed by atoms with E-state index in [2.05, 4.69) is 5.43 Å². The molecule has 0 aromatic heterocycles. The van der Waals surface area contributed by atoms with Crippen LogP contribution in [0.3, 0.4) is 0 Å². The van der Waals surface area contributed by atoms with E-state index in [1.165, 1.54) is 0 Å². The van der Waals surface area contributed by atoms with Crippen LogP contribution in [0.4, 0.5) is 0 Å². The average molecular weight is 254 g/mol. The smallest absolute Gasteiger partial charge is 0.127 e. The number of hydrogen-bond donors (Lipinski definition) is 2. The predicted molar refractivity (Wildman–Crippen MR) is 70.7 cm³/mol. The molecule has 0 fully saturated rings. The van der Waals surface area contributed by atoms with Gasteiger partial charge >= 0.3 is 0 Å². The molecular formula is C13H22N2O3. The van der Waals surface area contributed by atoms with Crippen molar-refractivity contribution in [3.63, 3.8) is 0 Å². The highest BCUT2D eigenvalue weighted by Gasteiger charge is 2.15. The maximum absolute atomic E-state index is 5.59. The predicted octanol–water partition coefficient (Wildman–Crippen LogP) is 1.63. The van der Waals surface area contributed by atoms with Crippen LogP contribution in [-0.2, 0) is 4.74 Å². The number of nitrogens with one attached hydrogen (secondary N) is 1. The van der Waals surface area contributed by atoms with Gasteiger partial charge in [0.1, 0.15) is 11.5 Å². The molecule has 5 nitrogen and oxygen atoms in total. The molecule has 1 rings (SSSR count). The average Bonchev–Trinajstić information content (AvgIpc) is 2.43. The molecule has 0 saturated heterocycles. The number of benzene rings is 1. The van der Waals surface area contributed by atoms with Crippen LogP contribution in [0, 0.1) is 0 Å². The molecule has 0 heterocycles. The quantitative estimate of drug-likeness (QED) is 0.419. The van der Waals surface area contributed by atoms with E-state index in [0.29, 0.717) is 13.2 Å². The molecule has 18 heavy (non-hydrogen) atoms. The largest absolute Gasteiger partial charge is 0.497 e. The van der Waals surface area contributed by atoms with Gasteiger partial charge in [0.2, 0.25) is 0 Å². The summed E-state index contributed by atoms with van der Waals surface area (Å²) in [6, 6.07) is 5.69. The van der Waals surface area contributed by atoms with E-state index < -0.39 is 0 Å². The molecule has 0 bridgehead atoms. The van der Waals surface area contributed by atoms with E-state index in [4.69, 9.17) is 20.1 Å². The zero-order valence-corrected chi connectivity index (χ0v) is 11.2. The summed E-state index contributed by atoms with van der Waals surface area (Å²) in [4.78, 5) is 0. The molecule has 3 N–H and O–H groups in total. The fourth-order valence-corrected chi connectivity index (χ4v) is 1.78. The van der Waals surface area contributed by atoms with Crippen LogP contribution in [0.5, 0.6) is 11.5 Å². The van der Waals surface area contributed by atoms with Gasteiger partial charge in [-0.3, -0.25) is 11.3 Å². The van der Waals surface area contributed by atoms with Crippen molar-refractivity contribution in [1.29, 1.82) is 0 Å².